The molecule has 3 aliphatic heterocycles. The number of hydrogen-bond acceptors (Lipinski definition) is 4. The van der Waals surface area contributed by atoms with E-state index in [4.69, 9.17) is 8.92 Å². The molecule has 0 aliphatic carbocycles. The SMILES string of the molecule is CC[I-]C1C2OS(=O)(=O)C3(C)C[C@H]1OC23. The Morgan fingerprint density at radius 2 is 2.27 bits per heavy atom. The summed E-state index contributed by atoms with van der Waals surface area (Å²) < 4.78 is 35.6. The predicted octanol–water partition coefficient (Wildman–Crippen LogP) is -2.88. The van der Waals surface area contributed by atoms with Gasteiger partial charge >= 0.3 is 100 Å². The van der Waals surface area contributed by atoms with Crippen LogP contribution < -0.4 is 21.2 Å². The zero-order valence-corrected chi connectivity index (χ0v) is 11.6. The van der Waals surface area contributed by atoms with Gasteiger partial charge in [-0.15, -0.1) is 0 Å². The predicted molar refractivity (Wildman–Crippen MR) is 49.8 cm³/mol. The molecule has 0 amide bonds. The minimum absolute atomic E-state index is 0.00892. The molecular formula is C9H14IO4S-. The quantitative estimate of drug-likeness (QED) is 0.307. The maximum atomic E-state index is 11.9. The third-order valence-corrected chi connectivity index (χ3v) is 9.06. The molecule has 4 unspecified atom stereocenters. The van der Waals surface area contributed by atoms with Gasteiger partial charge in [-0.05, 0) is 0 Å². The summed E-state index contributed by atoms with van der Waals surface area (Å²) in [6.07, 6.45) is 0.436. The van der Waals surface area contributed by atoms with Gasteiger partial charge in [0.1, 0.15) is 0 Å². The standard InChI is InChI=1S/C9H14IO4S/c1-3-10-6-5-4-9(2)8(13-5)7(6)14-15(9,11)12/h5-8H,3-4H2,1-2H3/q-1/t5-,6?,7?,8?,9?/m1/s1. The molecule has 3 aliphatic rings. The third kappa shape index (κ3) is 1.17. The van der Waals surface area contributed by atoms with Gasteiger partial charge in [0.25, 0.3) is 0 Å². The summed E-state index contributed by atoms with van der Waals surface area (Å²) in [5.41, 5.74) is 0. The Labute approximate surface area is 100 Å². The first-order valence-corrected chi connectivity index (χ1v) is 9.33. The van der Waals surface area contributed by atoms with Gasteiger partial charge < -0.3 is 0 Å². The van der Waals surface area contributed by atoms with E-state index in [1.807, 2.05) is 0 Å². The summed E-state index contributed by atoms with van der Waals surface area (Å²) in [6.45, 7) is 3.93. The molecule has 0 spiro atoms. The molecular weight excluding hydrogens is 331 g/mol. The van der Waals surface area contributed by atoms with E-state index in [1.54, 1.807) is 6.92 Å². The van der Waals surface area contributed by atoms with Gasteiger partial charge in [-0.1, -0.05) is 0 Å². The third-order valence-electron chi connectivity index (χ3n) is 3.64. The molecule has 0 radical (unpaired) electrons. The molecule has 6 heteroatoms. The fourth-order valence-electron chi connectivity index (χ4n) is 2.86. The van der Waals surface area contributed by atoms with Gasteiger partial charge in [-0.2, -0.15) is 0 Å². The Morgan fingerprint density at radius 3 is 2.93 bits per heavy atom. The van der Waals surface area contributed by atoms with Crippen molar-refractivity contribution in [2.75, 3.05) is 4.43 Å². The van der Waals surface area contributed by atoms with Crippen molar-refractivity contribution in [1.82, 2.24) is 0 Å². The van der Waals surface area contributed by atoms with Crippen molar-refractivity contribution < 1.29 is 38.5 Å². The fourth-order valence-corrected chi connectivity index (χ4v) is 7.66. The Morgan fingerprint density at radius 1 is 1.53 bits per heavy atom. The van der Waals surface area contributed by atoms with Gasteiger partial charge in [0.15, 0.2) is 0 Å². The minimum atomic E-state index is -3.39. The van der Waals surface area contributed by atoms with Gasteiger partial charge in [0, 0.05) is 0 Å². The van der Waals surface area contributed by atoms with E-state index in [0.717, 1.165) is 4.43 Å². The van der Waals surface area contributed by atoms with Gasteiger partial charge in [-0.3, -0.25) is 0 Å². The first-order chi connectivity index (χ1) is 6.99. The molecule has 3 heterocycles. The zero-order valence-electron chi connectivity index (χ0n) is 8.64. The summed E-state index contributed by atoms with van der Waals surface area (Å²) in [7, 11) is -3.39. The first kappa shape index (κ1) is 10.7. The van der Waals surface area contributed by atoms with Crippen molar-refractivity contribution in [2.45, 2.75) is 47.3 Å². The number of ether oxygens (including phenoxy) is 1. The molecule has 3 fully saturated rings. The first-order valence-electron chi connectivity index (χ1n) is 5.15. The zero-order chi connectivity index (χ0) is 10.8. The van der Waals surface area contributed by atoms with Crippen LogP contribution in [0.2, 0.25) is 0 Å². The second-order valence-electron chi connectivity index (χ2n) is 4.49. The Bertz CT molecular complexity index is 395. The summed E-state index contributed by atoms with van der Waals surface area (Å²) in [4.78, 5) is 0. The number of fused-ring (bicyclic) bond motifs is 1. The Kier molecular flexibility index (Phi) is 2.21. The molecule has 0 saturated carbocycles. The van der Waals surface area contributed by atoms with Crippen molar-refractivity contribution in [3.8, 4) is 0 Å². The molecule has 3 rings (SSSR count). The van der Waals surface area contributed by atoms with E-state index in [2.05, 4.69) is 6.92 Å². The molecule has 5 atom stereocenters. The van der Waals surface area contributed by atoms with E-state index >= 15 is 0 Å². The molecule has 0 aromatic rings. The summed E-state index contributed by atoms with van der Waals surface area (Å²) in [6, 6.07) is 0. The number of hydrogen-bond donors (Lipinski definition) is 0. The van der Waals surface area contributed by atoms with Crippen LogP contribution in [0.25, 0.3) is 0 Å². The van der Waals surface area contributed by atoms with Crippen molar-refractivity contribution >= 4 is 10.1 Å². The average Bonchev–Trinajstić information content (AvgIpc) is 2.66. The van der Waals surface area contributed by atoms with Gasteiger partial charge in [0.05, 0.1) is 0 Å². The molecule has 0 aromatic carbocycles. The van der Waals surface area contributed by atoms with E-state index in [1.165, 1.54) is 0 Å². The molecule has 0 N–H and O–H groups in total. The molecule has 2 bridgehead atoms. The molecule has 88 valence electrons. The van der Waals surface area contributed by atoms with Crippen LogP contribution >= 0.6 is 0 Å². The Hall–Kier alpha value is 0.600. The van der Waals surface area contributed by atoms with Crippen molar-refractivity contribution in [1.29, 1.82) is 0 Å². The van der Waals surface area contributed by atoms with Crippen LogP contribution in [0.4, 0.5) is 0 Å². The second-order valence-corrected chi connectivity index (χ2v) is 10.4. The molecule has 4 nitrogen and oxygen atoms in total. The summed E-state index contributed by atoms with van der Waals surface area (Å²) in [5, 5.41) is 0. The van der Waals surface area contributed by atoms with Gasteiger partial charge in [-0.25, -0.2) is 0 Å². The normalized spacial score (nSPS) is 55.3. The van der Waals surface area contributed by atoms with Gasteiger partial charge in [0.2, 0.25) is 0 Å². The van der Waals surface area contributed by atoms with Crippen LogP contribution in [0.5, 0.6) is 0 Å². The monoisotopic (exact) mass is 345 g/mol. The van der Waals surface area contributed by atoms with E-state index in [9.17, 15) is 8.42 Å². The number of alkyl halides is 2. The maximum absolute atomic E-state index is 11.9. The van der Waals surface area contributed by atoms with Crippen molar-refractivity contribution in [3.05, 3.63) is 0 Å². The second kappa shape index (κ2) is 3.08. The van der Waals surface area contributed by atoms with E-state index < -0.39 is 14.9 Å². The van der Waals surface area contributed by atoms with E-state index in [-0.39, 0.29) is 39.5 Å². The van der Waals surface area contributed by atoms with Crippen LogP contribution in [0.15, 0.2) is 0 Å². The van der Waals surface area contributed by atoms with Crippen molar-refractivity contribution in [3.63, 3.8) is 0 Å². The van der Waals surface area contributed by atoms with Crippen LogP contribution in [0, 0.1) is 0 Å². The van der Waals surface area contributed by atoms with E-state index in [0.29, 0.717) is 10.3 Å². The fraction of sp³-hybridized carbons (Fsp3) is 1.00. The van der Waals surface area contributed by atoms with Crippen LogP contribution in [0.1, 0.15) is 20.3 Å². The average molecular weight is 345 g/mol. The molecule has 0 aromatic heterocycles. The van der Waals surface area contributed by atoms with Crippen LogP contribution in [0.3, 0.4) is 0 Å². The molecule has 3 saturated heterocycles. The number of rotatable bonds is 2. The summed E-state index contributed by atoms with van der Waals surface area (Å²) >= 11 is 0.00892. The number of halogens is 1. The molecule has 15 heavy (non-hydrogen) atoms. The van der Waals surface area contributed by atoms with Crippen molar-refractivity contribution in [2.24, 2.45) is 0 Å². The topological polar surface area (TPSA) is 52.6 Å². The van der Waals surface area contributed by atoms with Crippen LogP contribution in [-0.4, -0.2) is 39.8 Å². The Balaban J connectivity index is 2.00. The van der Waals surface area contributed by atoms with Crippen LogP contribution in [-0.2, 0) is 19.0 Å². The summed E-state index contributed by atoms with van der Waals surface area (Å²) in [5.74, 6) is 0.